The number of likely N-dealkylation sites (tertiary alicyclic amines) is 1. The monoisotopic (exact) mass is 330 g/mol. The average molecular weight is 330 g/mol. The fourth-order valence-electron chi connectivity index (χ4n) is 4.32. The lowest BCUT2D eigenvalue weighted by Crippen LogP contribution is -2.48. The lowest BCUT2D eigenvalue weighted by atomic mass is 9.97. The molecule has 4 rings (SSSR count). The van der Waals surface area contributed by atoms with Crippen LogP contribution in [0.2, 0.25) is 0 Å². The Kier molecular flexibility index (Phi) is 4.22. The first-order valence-corrected chi connectivity index (χ1v) is 9.01. The van der Waals surface area contributed by atoms with E-state index in [2.05, 4.69) is 24.8 Å². The molecule has 3 aliphatic rings. The number of carbonyl (C=O) groups is 1. The van der Waals surface area contributed by atoms with Crippen LogP contribution in [0.4, 0.5) is 0 Å². The van der Waals surface area contributed by atoms with Crippen molar-refractivity contribution in [1.29, 1.82) is 0 Å². The minimum atomic E-state index is -0.377. The van der Waals surface area contributed by atoms with E-state index >= 15 is 0 Å². The molecule has 3 aliphatic heterocycles. The van der Waals surface area contributed by atoms with Crippen molar-refractivity contribution in [2.24, 2.45) is 5.92 Å². The van der Waals surface area contributed by atoms with Crippen LogP contribution in [0.25, 0.3) is 0 Å². The summed E-state index contributed by atoms with van der Waals surface area (Å²) in [5, 5.41) is 0. The van der Waals surface area contributed by atoms with Crippen LogP contribution in [0.3, 0.4) is 0 Å². The highest BCUT2D eigenvalue weighted by Crippen LogP contribution is 2.39. The molecule has 5 heteroatoms. The van der Waals surface area contributed by atoms with Crippen LogP contribution >= 0.6 is 0 Å². The summed E-state index contributed by atoms with van der Waals surface area (Å²) in [5.74, 6) is 1.61. The van der Waals surface area contributed by atoms with Crippen molar-refractivity contribution in [1.82, 2.24) is 9.80 Å². The lowest BCUT2D eigenvalue weighted by Gasteiger charge is -2.34. The average Bonchev–Trinajstić information content (AvgIpc) is 3.16. The van der Waals surface area contributed by atoms with Gasteiger partial charge in [0.2, 0.25) is 0 Å². The number of morpholine rings is 1. The normalized spacial score (nSPS) is 33.3. The van der Waals surface area contributed by atoms with Gasteiger partial charge in [-0.15, -0.1) is 0 Å². The number of amides is 1. The highest BCUT2D eigenvalue weighted by Gasteiger charge is 2.43. The summed E-state index contributed by atoms with van der Waals surface area (Å²) in [4.78, 5) is 17.6. The van der Waals surface area contributed by atoms with E-state index in [1.807, 2.05) is 23.1 Å². The summed E-state index contributed by atoms with van der Waals surface area (Å²) in [6.45, 7) is 9.52. The van der Waals surface area contributed by atoms with Gasteiger partial charge in [0.1, 0.15) is 5.75 Å². The second-order valence-electron chi connectivity index (χ2n) is 7.30. The molecule has 0 saturated carbocycles. The van der Waals surface area contributed by atoms with Crippen molar-refractivity contribution in [2.45, 2.75) is 31.9 Å². The number of ether oxygens (including phenoxy) is 2. The number of benzene rings is 1. The summed E-state index contributed by atoms with van der Waals surface area (Å²) >= 11 is 0. The SMILES string of the molecule is C[C@@H]1CN(C(=O)[C@@H]2Oc3ccccc3[C@@H]2C)C[C@H]1N1CCOCC1. The predicted octanol–water partition coefficient (Wildman–Crippen LogP) is 1.73. The van der Waals surface area contributed by atoms with E-state index in [1.54, 1.807) is 0 Å². The summed E-state index contributed by atoms with van der Waals surface area (Å²) in [7, 11) is 0. The van der Waals surface area contributed by atoms with Gasteiger partial charge >= 0.3 is 0 Å². The zero-order valence-corrected chi connectivity index (χ0v) is 14.5. The molecule has 130 valence electrons. The van der Waals surface area contributed by atoms with Gasteiger partial charge in [0.25, 0.3) is 5.91 Å². The zero-order valence-electron chi connectivity index (χ0n) is 14.5. The van der Waals surface area contributed by atoms with Crippen LogP contribution in [0.15, 0.2) is 24.3 Å². The van der Waals surface area contributed by atoms with Crippen molar-refractivity contribution >= 4 is 5.91 Å². The Morgan fingerprint density at radius 2 is 1.88 bits per heavy atom. The first kappa shape index (κ1) is 15.9. The number of nitrogens with zero attached hydrogens (tertiary/aromatic N) is 2. The van der Waals surface area contributed by atoms with Crippen LogP contribution in [0, 0.1) is 5.92 Å². The molecule has 4 atom stereocenters. The molecular formula is C19H26N2O3. The van der Waals surface area contributed by atoms with E-state index in [1.165, 1.54) is 0 Å². The third-order valence-electron chi connectivity index (χ3n) is 5.76. The molecule has 1 amide bonds. The van der Waals surface area contributed by atoms with E-state index in [9.17, 15) is 4.79 Å². The molecule has 0 aromatic heterocycles. The highest BCUT2D eigenvalue weighted by molar-refractivity contribution is 5.84. The summed E-state index contributed by atoms with van der Waals surface area (Å²) < 4.78 is 11.4. The smallest absolute Gasteiger partial charge is 0.264 e. The zero-order chi connectivity index (χ0) is 16.7. The number of hydrogen-bond donors (Lipinski definition) is 0. The van der Waals surface area contributed by atoms with Gasteiger partial charge < -0.3 is 14.4 Å². The summed E-state index contributed by atoms with van der Waals surface area (Å²) in [5.41, 5.74) is 1.15. The number of hydrogen-bond acceptors (Lipinski definition) is 4. The van der Waals surface area contributed by atoms with Crippen LogP contribution in [-0.2, 0) is 9.53 Å². The Morgan fingerprint density at radius 1 is 1.12 bits per heavy atom. The predicted molar refractivity (Wildman–Crippen MR) is 91.2 cm³/mol. The Hall–Kier alpha value is -1.59. The molecule has 1 aromatic rings. The maximum Gasteiger partial charge on any atom is 0.264 e. The third-order valence-corrected chi connectivity index (χ3v) is 5.76. The van der Waals surface area contributed by atoms with E-state index < -0.39 is 0 Å². The molecule has 2 fully saturated rings. The first-order chi connectivity index (χ1) is 11.6. The quantitative estimate of drug-likeness (QED) is 0.828. The molecule has 0 spiro atoms. The highest BCUT2D eigenvalue weighted by atomic mass is 16.5. The van der Waals surface area contributed by atoms with E-state index in [0.29, 0.717) is 12.0 Å². The molecule has 0 radical (unpaired) electrons. The second kappa shape index (κ2) is 6.37. The maximum atomic E-state index is 13.1. The van der Waals surface area contributed by atoms with E-state index in [-0.39, 0.29) is 17.9 Å². The molecule has 0 aliphatic carbocycles. The van der Waals surface area contributed by atoms with Crippen LogP contribution in [0.1, 0.15) is 25.3 Å². The van der Waals surface area contributed by atoms with E-state index in [4.69, 9.17) is 9.47 Å². The summed E-state index contributed by atoms with van der Waals surface area (Å²) in [6, 6.07) is 8.44. The van der Waals surface area contributed by atoms with Crippen LogP contribution < -0.4 is 4.74 Å². The fraction of sp³-hybridized carbons (Fsp3) is 0.632. The number of fused-ring (bicyclic) bond motifs is 1. The number of rotatable bonds is 2. The molecule has 3 heterocycles. The van der Waals surface area contributed by atoms with Crippen LogP contribution in [0.5, 0.6) is 5.75 Å². The molecule has 1 aromatic carbocycles. The molecule has 0 unspecified atom stereocenters. The Bertz CT molecular complexity index is 614. The third kappa shape index (κ3) is 2.70. The largest absolute Gasteiger partial charge is 0.480 e. The van der Waals surface area contributed by atoms with Crippen molar-refractivity contribution in [3.8, 4) is 5.75 Å². The van der Waals surface area contributed by atoms with Gasteiger partial charge in [0.05, 0.1) is 13.2 Å². The van der Waals surface area contributed by atoms with Crippen molar-refractivity contribution in [3.05, 3.63) is 29.8 Å². The van der Waals surface area contributed by atoms with Gasteiger partial charge in [-0.05, 0) is 12.0 Å². The van der Waals surface area contributed by atoms with Crippen molar-refractivity contribution in [3.63, 3.8) is 0 Å². The first-order valence-electron chi connectivity index (χ1n) is 9.01. The molecule has 24 heavy (non-hydrogen) atoms. The van der Waals surface area contributed by atoms with Crippen molar-refractivity contribution < 1.29 is 14.3 Å². The Morgan fingerprint density at radius 3 is 2.62 bits per heavy atom. The number of carbonyl (C=O) groups excluding carboxylic acids is 1. The molecular weight excluding hydrogens is 304 g/mol. The topological polar surface area (TPSA) is 42.0 Å². The Labute approximate surface area is 143 Å². The maximum absolute atomic E-state index is 13.1. The van der Waals surface area contributed by atoms with E-state index in [0.717, 1.165) is 50.7 Å². The van der Waals surface area contributed by atoms with Crippen molar-refractivity contribution in [2.75, 3.05) is 39.4 Å². The molecule has 5 nitrogen and oxygen atoms in total. The Balaban J connectivity index is 1.44. The minimum absolute atomic E-state index is 0.117. The van der Waals surface area contributed by atoms with Gasteiger partial charge in [-0.3, -0.25) is 9.69 Å². The van der Waals surface area contributed by atoms with Gasteiger partial charge in [-0.25, -0.2) is 0 Å². The lowest BCUT2D eigenvalue weighted by molar-refractivity contribution is -0.137. The number of para-hydroxylation sites is 1. The molecule has 0 N–H and O–H groups in total. The van der Waals surface area contributed by atoms with Gasteiger partial charge in [0.15, 0.2) is 6.10 Å². The fourth-order valence-corrected chi connectivity index (χ4v) is 4.32. The molecule has 0 bridgehead atoms. The summed E-state index contributed by atoms with van der Waals surface area (Å²) in [6.07, 6.45) is -0.377. The second-order valence-corrected chi connectivity index (χ2v) is 7.30. The van der Waals surface area contributed by atoms with Gasteiger partial charge in [0, 0.05) is 43.7 Å². The standard InChI is InChI=1S/C19H26N2O3/c1-13-11-21(12-16(13)20-7-9-23-10-8-20)19(22)18-14(2)15-5-3-4-6-17(15)24-18/h3-6,13-14,16,18H,7-12H2,1-2H3/t13-,14+,16-,18-/m1/s1. The van der Waals surface area contributed by atoms with Gasteiger partial charge in [-0.1, -0.05) is 32.0 Å². The molecule has 2 saturated heterocycles. The van der Waals surface area contributed by atoms with Crippen LogP contribution in [-0.4, -0.2) is 67.2 Å². The van der Waals surface area contributed by atoms with Gasteiger partial charge in [-0.2, -0.15) is 0 Å². The minimum Gasteiger partial charge on any atom is -0.480 e.